The number of guanidine groups is 1. The van der Waals surface area contributed by atoms with Gasteiger partial charge in [0.15, 0.2) is 5.96 Å². The highest BCUT2D eigenvalue weighted by Crippen LogP contribution is 2.30. The van der Waals surface area contributed by atoms with Crippen molar-refractivity contribution < 1.29 is 22.6 Å². The zero-order valence-corrected chi connectivity index (χ0v) is 19.1. The predicted octanol–water partition coefficient (Wildman–Crippen LogP) is 3.42. The lowest BCUT2D eigenvalue weighted by atomic mass is 10.2. The molecule has 1 aromatic carbocycles. The number of benzene rings is 1. The molecule has 0 saturated carbocycles. The molecule has 1 fully saturated rings. The van der Waals surface area contributed by atoms with Crippen molar-refractivity contribution in [2.24, 2.45) is 4.99 Å². The van der Waals surface area contributed by atoms with Gasteiger partial charge in [-0.25, -0.2) is 0 Å². The average Bonchev–Trinajstić information content (AvgIpc) is 3.12. The highest BCUT2D eigenvalue weighted by molar-refractivity contribution is 14.0. The summed E-state index contributed by atoms with van der Waals surface area (Å²) in [4.78, 5) is 6.70. The number of aliphatic imine (C=N–C) groups is 1. The van der Waals surface area contributed by atoms with Crippen molar-refractivity contribution in [1.29, 1.82) is 0 Å². The normalized spacial score (nSPS) is 17.1. The lowest BCUT2D eigenvalue weighted by Crippen LogP contribution is -2.44. The Kier molecular flexibility index (Phi) is 11.5. The molecule has 10 heteroatoms. The molecule has 1 aliphatic rings. The van der Waals surface area contributed by atoms with Gasteiger partial charge in [-0.05, 0) is 31.9 Å². The van der Waals surface area contributed by atoms with Gasteiger partial charge in [-0.3, -0.25) is 4.99 Å². The van der Waals surface area contributed by atoms with Gasteiger partial charge >= 0.3 is 6.18 Å². The van der Waals surface area contributed by atoms with Crippen LogP contribution in [0.15, 0.2) is 29.3 Å². The molecular formula is C19H30F3IN4O2. The number of rotatable bonds is 9. The quantitative estimate of drug-likeness (QED) is 0.222. The van der Waals surface area contributed by atoms with E-state index in [1.165, 1.54) is 0 Å². The minimum Gasteiger partial charge on any atom is -0.495 e. The van der Waals surface area contributed by atoms with Crippen LogP contribution in [0.2, 0.25) is 0 Å². The topological polar surface area (TPSA) is 58.1 Å². The number of anilines is 1. The van der Waals surface area contributed by atoms with E-state index in [2.05, 4.69) is 25.3 Å². The summed E-state index contributed by atoms with van der Waals surface area (Å²) in [6.45, 7) is 3.63. The van der Waals surface area contributed by atoms with Gasteiger partial charge in [-0.2, -0.15) is 13.2 Å². The maximum absolute atomic E-state index is 12.0. The van der Waals surface area contributed by atoms with Crippen molar-refractivity contribution in [2.45, 2.75) is 32.0 Å². The molecule has 6 nitrogen and oxygen atoms in total. The number of nitrogens with zero attached hydrogens (tertiary/aromatic N) is 2. The second-order valence-electron chi connectivity index (χ2n) is 6.53. The fourth-order valence-corrected chi connectivity index (χ4v) is 3.05. The zero-order valence-electron chi connectivity index (χ0n) is 16.8. The van der Waals surface area contributed by atoms with Crippen LogP contribution < -0.4 is 20.3 Å². The summed E-state index contributed by atoms with van der Waals surface area (Å²) in [5, 5.41) is 6.58. The molecule has 2 N–H and O–H groups in total. The Balaban J connectivity index is 0.00000420. The molecule has 1 aliphatic heterocycles. The van der Waals surface area contributed by atoms with E-state index in [1.54, 1.807) is 7.11 Å². The Labute approximate surface area is 187 Å². The van der Waals surface area contributed by atoms with Crippen LogP contribution in [0, 0.1) is 0 Å². The van der Waals surface area contributed by atoms with Crippen molar-refractivity contribution in [1.82, 2.24) is 10.6 Å². The molecule has 1 heterocycles. The summed E-state index contributed by atoms with van der Waals surface area (Å²) in [5.41, 5.74) is 1.07. The summed E-state index contributed by atoms with van der Waals surface area (Å²) in [6, 6.07) is 8.15. The smallest absolute Gasteiger partial charge is 0.411 e. The minimum atomic E-state index is -4.28. The van der Waals surface area contributed by atoms with Crippen molar-refractivity contribution >= 4 is 35.6 Å². The number of halogens is 4. The van der Waals surface area contributed by atoms with E-state index in [0.29, 0.717) is 25.5 Å². The fourth-order valence-electron chi connectivity index (χ4n) is 3.05. The molecule has 0 aromatic heterocycles. The van der Waals surface area contributed by atoms with Crippen molar-refractivity contribution in [3.63, 3.8) is 0 Å². The van der Waals surface area contributed by atoms with Crippen LogP contribution in [-0.2, 0) is 4.74 Å². The molecule has 0 aliphatic carbocycles. The maximum atomic E-state index is 12.0. The van der Waals surface area contributed by atoms with E-state index in [4.69, 9.17) is 4.74 Å². The predicted molar refractivity (Wildman–Crippen MR) is 120 cm³/mol. The number of hydrogen-bond donors (Lipinski definition) is 2. The second-order valence-corrected chi connectivity index (χ2v) is 6.53. The Morgan fingerprint density at radius 2 is 2.07 bits per heavy atom. The summed E-state index contributed by atoms with van der Waals surface area (Å²) >= 11 is 0. The van der Waals surface area contributed by atoms with Crippen LogP contribution in [0.5, 0.6) is 5.75 Å². The van der Waals surface area contributed by atoms with Gasteiger partial charge < -0.3 is 25.0 Å². The van der Waals surface area contributed by atoms with Crippen LogP contribution in [-0.4, -0.2) is 64.7 Å². The van der Waals surface area contributed by atoms with E-state index >= 15 is 0 Å². The third-order valence-corrected chi connectivity index (χ3v) is 4.28. The number of nitrogens with one attached hydrogen (secondary N) is 2. The van der Waals surface area contributed by atoms with E-state index in [9.17, 15) is 13.2 Å². The molecule has 0 amide bonds. The van der Waals surface area contributed by atoms with E-state index < -0.39 is 12.8 Å². The van der Waals surface area contributed by atoms with Gasteiger partial charge in [-0.1, -0.05) is 12.1 Å². The molecule has 166 valence electrons. The van der Waals surface area contributed by atoms with Gasteiger partial charge in [0.25, 0.3) is 0 Å². The Bertz CT molecular complexity index is 632. The first-order valence-corrected chi connectivity index (χ1v) is 9.50. The molecule has 1 aromatic rings. The van der Waals surface area contributed by atoms with Crippen molar-refractivity contribution in [3.8, 4) is 5.75 Å². The molecule has 1 atom stereocenters. The molecule has 1 unspecified atom stereocenters. The molecular weight excluding hydrogens is 500 g/mol. The van der Waals surface area contributed by atoms with E-state index in [1.807, 2.05) is 31.2 Å². The van der Waals surface area contributed by atoms with Gasteiger partial charge in [0.2, 0.25) is 0 Å². The molecule has 0 spiro atoms. The molecule has 0 radical (unpaired) electrons. The van der Waals surface area contributed by atoms with Gasteiger partial charge in [0, 0.05) is 38.8 Å². The highest BCUT2D eigenvalue weighted by atomic mass is 127. The Hall–Kier alpha value is -1.43. The summed E-state index contributed by atoms with van der Waals surface area (Å²) < 4.78 is 46.2. The van der Waals surface area contributed by atoms with Crippen LogP contribution in [0.1, 0.15) is 19.8 Å². The standard InChI is InChI=1S/C19H29F3N4O2.HI/c1-3-23-18(24-10-6-12-28-14-19(20,21)22)25-15-9-11-26(13-15)16-7-4-5-8-17(16)27-2;/h4-5,7-8,15H,3,6,9-14H2,1-2H3,(H2,23,24,25);1H. The first-order chi connectivity index (χ1) is 13.4. The molecule has 2 rings (SSSR count). The van der Waals surface area contributed by atoms with Crippen LogP contribution >= 0.6 is 24.0 Å². The first-order valence-electron chi connectivity index (χ1n) is 9.50. The number of ether oxygens (including phenoxy) is 2. The monoisotopic (exact) mass is 530 g/mol. The fraction of sp³-hybridized carbons (Fsp3) is 0.632. The van der Waals surface area contributed by atoms with Crippen molar-refractivity contribution in [3.05, 3.63) is 24.3 Å². The maximum Gasteiger partial charge on any atom is 0.411 e. The van der Waals surface area contributed by atoms with Gasteiger partial charge in [-0.15, -0.1) is 24.0 Å². The molecule has 0 bridgehead atoms. The average molecular weight is 530 g/mol. The SMILES string of the molecule is CCNC(=NCCCOCC(F)(F)F)NC1CCN(c2ccccc2OC)C1.I. The second kappa shape index (κ2) is 13.0. The third-order valence-electron chi connectivity index (χ3n) is 4.28. The number of hydrogen-bond acceptors (Lipinski definition) is 4. The minimum absolute atomic E-state index is 0. The van der Waals surface area contributed by atoms with Crippen molar-refractivity contribution in [2.75, 3.05) is 51.4 Å². The van der Waals surface area contributed by atoms with Gasteiger partial charge in [0.05, 0.1) is 12.8 Å². The molecule has 1 saturated heterocycles. The van der Waals surface area contributed by atoms with Crippen LogP contribution in [0.25, 0.3) is 0 Å². The largest absolute Gasteiger partial charge is 0.495 e. The lowest BCUT2D eigenvalue weighted by molar-refractivity contribution is -0.173. The van der Waals surface area contributed by atoms with E-state index in [0.717, 1.165) is 30.9 Å². The van der Waals surface area contributed by atoms with E-state index in [-0.39, 0.29) is 36.6 Å². The Morgan fingerprint density at radius 1 is 1.31 bits per heavy atom. The lowest BCUT2D eigenvalue weighted by Gasteiger charge is -2.22. The number of para-hydroxylation sites is 2. The summed E-state index contributed by atoms with van der Waals surface area (Å²) in [7, 11) is 1.67. The first kappa shape index (κ1) is 25.6. The molecule has 29 heavy (non-hydrogen) atoms. The van der Waals surface area contributed by atoms with Crippen LogP contribution in [0.4, 0.5) is 18.9 Å². The van der Waals surface area contributed by atoms with Crippen LogP contribution in [0.3, 0.4) is 0 Å². The van der Waals surface area contributed by atoms with Gasteiger partial charge in [0.1, 0.15) is 12.4 Å². The zero-order chi connectivity index (χ0) is 20.4. The Morgan fingerprint density at radius 3 is 2.76 bits per heavy atom. The number of alkyl halides is 3. The summed E-state index contributed by atoms with van der Waals surface area (Å²) in [5.74, 6) is 1.52. The third kappa shape index (κ3) is 9.28. The number of methoxy groups -OCH3 is 1. The summed E-state index contributed by atoms with van der Waals surface area (Å²) in [6.07, 6.45) is -2.89. The highest BCUT2D eigenvalue weighted by Gasteiger charge is 2.27.